The second-order valence-corrected chi connectivity index (χ2v) is 4.23. The molecule has 0 aromatic rings. The van der Waals surface area contributed by atoms with Crippen molar-refractivity contribution < 1.29 is 0 Å². The van der Waals surface area contributed by atoms with Gasteiger partial charge in [-0.1, -0.05) is 26.7 Å². The number of nitrogens with zero attached hydrogens (tertiary/aromatic N) is 4. The Bertz CT molecular complexity index is 170. The Labute approximate surface area is 106 Å². The Kier molecular flexibility index (Phi) is 14.5. The van der Waals surface area contributed by atoms with Gasteiger partial charge in [-0.3, -0.25) is 0 Å². The summed E-state index contributed by atoms with van der Waals surface area (Å²) >= 11 is 0. The molecule has 0 fully saturated rings. The number of azo groups is 2. The standard InChI is InChI=1S/C13H28N4/c1-3-5-10-14-16-12-8-7-9-13-17-15-11-6-4-2/h3-13H2,1-2H3/b16-14+,17-15+. The molecule has 0 spiro atoms. The lowest BCUT2D eigenvalue weighted by molar-refractivity contribution is 0.652. The van der Waals surface area contributed by atoms with Crippen LogP contribution in [0.4, 0.5) is 0 Å². The largest absolute Gasteiger partial charge is 0.194 e. The minimum absolute atomic E-state index is 0.872. The molecule has 17 heavy (non-hydrogen) atoms. The van der Waals surface area contributed by atoms with E-state index in [4.69, 9.17) is 0 Å². The van der Waals surface area contributed by atoms with E-state index in [9.17, 15) is 0 Å². The molecule has 0 bridgehead atoms. The fourth-order valence-corrected chi connectivity index (χ4v) is 1.28. The molecule has 4 nitrogen and oxygen atoms in total. The lowest BCUT2D eigenvalue weighted by Gasteiger charge is -1.94. The molecule has 0 atom stereocenters. The number of hydrogen-bond acceptors (Lipinski definition) is 4. The van der Waals surface area contributed by atoms with Crippen molar-refractivity contribution >= 4 is 0 Å². The summed E-state index contributed by atoms with van der Waals surface area (Å²) in [6.45, 7) is 7.87. The number of hydrogen-bond donors (Lipinski definition) is 0. The minimum Gasteiger partial charge on any atom is -0.194 e. The van der Waals surface area contributed by atoms with Gasteiger partial charge in [0.15, 0.2) is 0 Å². The van der Waals surface area contributed by atoms with Crippen LogP contribution >= 0.6 is 0 Å². The van der Waals surface area contributed by atoms with Gasteiger partial charge in [-0.25, -0.2) is 0 Å². The molecule has 0 aromatic carbocycles. The normalized spacial score (nSPS) is 11.9. The second kappa shape index (κ2) is 15.2. The van der Waals surface area contributed by atoms with Gasteiger partial charge in [-0.2, -0.15) is 20.5 Å². The highest BCUT2D eigenvalue weighted by Crippen LogP contribution is 1.98. The van der Waals surface area contributed by atoms with Crippen LogP contribution in [0.15, 0.2) is 20.5 Å². The maximum atomic E-state index is 4.14. The SMILES string of the molecule is CCCC/N=N/CCCCC/N=N/CCCC. The van der Waals surface area contributed by atoms with Crippen LogP contribution in [0.1, 0.15) is 58.8 Å². The third-order valence-corrected chi connectivity index (χ3v) is 2.44. The summed E-state index contributed by atoms with van der Waals surface area (Å²) in [5, 5.41) is 16.5. The van der Waals surface area contributed by atoms with Crippen molar-refractivity contribution in [1.82, 2.24) is 0 Å². The van der Waals surface area contributed by atoms with Crippen molar-refractivity contribution in [2.45, 2.75) is 58.8 Å². The summed E-state index contributed by atoms with van der Waals surface area (Å²) in [6.07, 6.45) is 8.13. The zero-order valence-corrected chi connectivity index (χ0v) is 11.6. The summed E-state index contributed by atoms with van der Waals surface area (Å²) in [6, 6.07) is 0. The van der Waals surface area contributed by atoms with E-state index in [-0.39, 0.29) is 0 Å². The van der Waals surface area contributed by atoms with Crippen molar-refractivity contribution in [3.05, 3.63) is 0 Å². The van der Waals surface area contributed by atoms with E-state index in [0.717, 1.165) is 51.9 Å². The zero-order chi connectivity index (χ0) is 12.6. The Morgan fingerprint density at radius 3 is 1.18 bits per heavy atom. The van der Waals surface area contributed by atoms with E-state index in [0.29, 0.717) is 0 Å². The van der Waals surface area contributed by atoms with E-state index < -0.39 is 0 Å². The molecule has 0 unspecified atom stereocenters. The van der Waals surface area contributed by atoms with Crippen LogP contribution in [0.3, 0.4) is 0 Å². The lowest BCUT2D eigenvalue weighted by Crippen LogP contribution is -1.86. The fourth-order valence-electron chi connectivity index (χ4n) is 1.28. The van der Waals surface area contributed by atoms with Gasteiger partial charge in [-0.15, -0.1) is 0 Å². The molecule has 0 saturated carbocycles. The predicted octanol–water partition coefficient (Wildman–Crippen LogP) is 4.66. The molecule has 0 heterocycles. The van der Waals surface area contributed by atoms with Gasteiger partial charge < -0.3 is 0 Å². The average Bonchev–Trinajstić information content (AvgIpc) is 2.35. The van der Waals surface area contributed by atoms with Crippen LogP contribution in [0.25, 0.3) is 0 Å². The van der Waals surface area contributed by atoms with Crippen molar-refractivity contribution in [2.75, 3.05) is 26.2 Å². The van der Waals surface area contributed by atoms with E-state index in [1.165, 1.54) is 19.3 Å². The Hall–Kier alpha value is -0.800. The maximum Gasteiger partial charge on any atom is 0.0598 e. The first-order chi connectivity index (χ1) is 8.41. The highest BCUT2D eigenvalue weighted by molar-refractivity contribution is 4.48. The molecule has 0 aliphatic rings. The molecule has 0 amide bonds. The molecular weight excluding hydrogens is 212 g/mol. The van der Waals surface area contributed by atoms with E-state index in [1.54, 1.807) is 0 Å². The molecule has 0 rings (SSSR count). The van der Waals surface area contributed by atoms with Crippen LogP contribution in [0.2, 0.25) is 0 Å². The van der Waals surface area contributed by atoms with Crippen molar-refractivity contribution in [3.8, 4) is 0 Å². The topological polar surface area (TPSA) is 49.4 Å². The van der Waals surface area contributed by atoms with Gasteiger partial charge in [0.05, 0.1) is 26.2 Å². The van der Waals surface area contributed by atoms with Crippen LogP contribution in [-0.2, 0) is 0 Å². The predicted molar refractivity (Wildman–Crippen MR) is 72.8 cm³/mol. The fraction of sp³-hybridized carbons (Fsp3) is 1.00. The van der Waals surface area contributed by atoms with Gasteiger partial charge in [0.2, 0.25) is 0 Å². The molecule has 0 aromatic heterocycles. The van der Waals surface area contributed by atoms with Gasteiger partial charge in [0.1, 0.15) is 0 Å². The molecule has 0 saturated heterocycles. The van der Waals surface area contributed by atoms with E-state index >= 15 is 0 Å². The van der Waals surface area contributed by atoms with Gasteiger partial charge in [0, 0.05) is 0 Å². The summed E-state index contributed by atoms with van der Waals surface area (Å²) in [7, 11) is 0. The van der Waals surface area contributed by atoms with Gasteiger partial charge >= 0.3 is 0 Å². The molecule has 0 N–H and O–H groups in total. The first kappa shape index (κ1) is 16.2. The van der Waals surface area contributed by atoms with Crippen molar-refractivity contribution in [1.29, 1.82) is 0 Å². The third-order valence-electron chi connectivity index (χ3n) is 2.44. The number of rotatable bonds is 12. The molecule has 100 valence electrons. The maximum absolute atomic E-state index is 4.14. The summed E-state index contributed by atoms with van der Waals surface area (Å²) in [5.74, 6) is 0. The van der Waals surface area contributed by atoms with Crippen molar-refractivity contribution in [3.63, 3.8) is 0 Å². The Morgan fingerprint density at radius 1 is 0.471 bits per heavy atom. The summed E-state index contributed by atoms with van der Waals surface area (Å²) in [4.78, 5) is 0. The van der Waals surface area contributed by atoms with E-state index in [2.05, 4.69) is 34.3 Å². The summed E-state index contributed by atoms with van der Waals surface area (Å²) < 4.78 is 0. The molecule has 4 heteroatoms. The Morgan fingerprint density at radius 2 is 0.824 bits per heavy atom. The van der Waals surface area contributed by atoms with Crippen LogP contribution in [0.5, 0.6) is 0 Å². The van der Waals surface area contributed by atoms with Crippen LogP contribution in [-0.4, -0.2) is 26.2 Å². The lowest BCUT2D eigenvalue weighted by atomic mass is 10.2. The monoisotopic (exact) mass is 240 g/mol. The van der Waals surface area contributed by atoms with Crippen molar-refractivity contribution in [2.24, 2.45) is 20.5 Å². The van der Waals surface area contributed by atoms with Crippen LogP contribution in [0, 0.1) is 0 Å². The minimum atomic E-state index is 0.872. The molecule has 0 radical (unpaired) electrons. The van der Waals surface area contributed by atoms with E-state index in [1.807, 2.05) is 0 Å². The average molecular weight is 240 g/mol. The highest BCUT2D eigenvalue weighted by atomic mass is 15.1. The molecule has 0 aliphatic heterocycles. The second-order valence-electron chi connectivity index (χ2n) is 4.23. The third kappa shape index (κ3) is 15.2. The number of unbranched alkanes of at least 4 members (excludes halogenated alkanes) is 4. The van der Waals surface area contributed by atoms with Gasteiger partial charge in [-0.05, 0) is 32.1 Å². The highest BCUT2D eigenvalue weighted by Gasteiger charge is 1.88. The molecule has 0 aliphatic carbocycles. The smallest absolute Gasteiger partial charge is 0.0598 e. The first-order valence-corrected chi connectivity index (χ1v) is 7.08. The first-order valence-electron chi connectivity index (χ1n) is 7.08. The van der Waals surface area contributed by atoms with Crippen LogP contribution < -0.4 is 0 Å². The zero-order valence-electron chi connectivity index (χ0n) is 11.6. The molecular formula is C13H28N4. The Balaban J connectivity index is 3.07. The quantitative estimate of drug-likeness (QED) is 0.352. The summed E-state index contributed by atoms with van der Waals surface area (Å²) in [5.41, 5.74) is 0. The van der Waals surface area contributed by atoms with Gasteiger partial charge in [0.25, 0.3) is 0 Å².